The molecule has 0 radical (unpaired) electrons. The number of anilines is 1. The first-order valence-corrected chi connectivity index (χ1v) is 4.53. The number of nitrogens with zero attached hydrogens (tertiary/aromatic N) is 1. The van der Waals surface area contributed by atoms with Gasteiger partial charge in [0.05, 0.1) is 10.2 Å². The second kappa shape index (κ2) is 3.15. The molecular weight excluding hydrogens is 204 g/mol. The van der Waals surface area contributed by atoms with Crippen LogP contribution < -0.4 is 10.5 Å². The van der Waals surface area contributed by atoms with Gasteiger partial charge in [0.1, 0.15) is 5.75 Å². The number of aromatic nitrogens is 1. The van der Waals surface area contributed by atoms with E-state index in [9.17, 15) is 4.79 Å². The zero-order valence-corrected chi connectivity index (χ0v) is 7.75. The third-order valence-electron chi connectivity index (χ3n) is 1.58. The summed E-state index contributed by atoms with van der Waals surface area (Å²) in [6, 6.07) is 4.83. The van der Waals surface area contributed by atoms with E-state index in [1.54, 1.807) is 12.1 Å². The highest BCUT2D eigenvalue weighted by atomic mass is 32.1. The lowest BCUT2D eigenvalue weighted by Gasteiger charge is -1.97. The molecular formula is C8H6N2O3S. The number of ether oxygens (including phenoxy) is 1. The molecule has 2 rings (SSSR count). The summed E-state index contributed by atoms with van der Waals surface area (Å²) in [5, 5.41) is 8.83. The van der Waals surface area contributed by atoms with Crippen LogP contribution in [-0.4, -0.2) is 16.2 Å². The zero-order chi connectivity index (χ0) is 10.1. The van der Waals surface area contributed by atoms with Gasteiger partial charge in [-0.3, -0.25) is 0 Å². The lowest BCUT2D eigenvalue weighted by Crippen LogP contribution is -2.02. The molecule has 0 aliphatic heterocycles. The Balaban J connectivity index is 2.45. The number of fused-ring (bicyclic) bond motifs is 1. The smallest absolute Gasteiger partial charge is 0.449 e. The second-order valence-electron chi connectivity index (χ2n) is 2.55. The molecule has 0 fully saturated rings. The highest BCUT2D eigenvalue weighted by Gasteiger charge is 2.05. The number of carbonyl (C=O) groups is 1. The molecule has 1 aromatic carbocycles. The summed E-state index contributed by atoms with van der Waals surface area (Å²) in [7, 11) is 0. The number of thiazole rings is 1. The minimum Gasteiger partial charge on any atom is -0.449 e. The van der Waals surface area contributed by atoms with Gasteiger partial charge in [-0.05, 0) is 12.1 Å². The largest absolute Gasteiger partial charge is 0.511 e. The molecule has 0 amide bonds. The van der Waals surface area contributed by atoms with Gasteiger partial charge in [0.2, 0.25) is 0 Å². The molecule has 14 heavy (non-hydrogen) atoms. The predicted molar refractivity (Wildman–Crippen MR) is 52.7 cm³/mol. The predicted octanol–water partition coefficient (Wildman–Crippen LogP) is 1.94. The number of rotatable bonds is 1. The Kier molecular flexibility index (Phi) is 1.97. The molecule has 3 N–H and O–H groups in total. The van der Waals surface area contributed by atoms with Gasteiger partial charge in [0.25, 0.3) is 0 Å². The highest BCUT2D eigenvalue weighted by Crippen LogP contribution is 2.26. The number of hydrogen-bond acceptors (Lipinski definition) is 5. The quantitative estimate of drug-likeness (QED) is 0.555. The Hall–Kier alpha value is -1.82. The molecule has 0 spiro atoms. The van der Waals surface area contributed by atoms with E-state index in [1.165, 1.54) is 17.4 Å². The van der Waals surface area contributed by atoms with Crippen LogP contribution >= 0.6 is 11.3 Å². The SMILES string of the molecule is Nc1nc2cc(OC(=O)O)ccc2s1. The molecule has 0 unspecified atom stereocenters. The van der Waals surface area contributed by atoms with E-state index in [4.69, 9.17) is 10.8 Å². The molecule has 2 aromatic rings. The fourth-order valence-electron chi connectivity index (χ4n) is 1.09. The van der Waals surface area contributed by atoms with Crippen LogP contribution in [0, 0.1) is 0 Å². The normalized spacial score (nSPS) is 10.3. The number of hydrogen-bond donors (Lipinski definition) is 2. The molecule has 0 aliphatic carbocycles. The third kappa shape index (κ3) is 1.60. The minimum atomic E-state index is -1.34. The van der Waals surface area contributed by atoms with Gasteiger partial charge in [-0.25, -0.2) is 9.78 Å². The van der Waals surface area contributed by atoms with Crippen LogP contribution in [0.4, 0.5) is 9.93 Å². The van der Waals surface area contributed by atoms with Crippen molar-refractivity contribution in [1.82, 2.24) is 4.98 Å². The molecule has 0 aliphatic rings. The van der Waals surface area contributed by atoms with E-state index in [2.05, 4.69) is 9.72 Å². The van der Waals surface area contributed by atoms with E-state index < -0.39 is 6.16 Å². The van der Waals surface area contributed by atoms with Crippen molar-refractivity contribution in [1.29, 1.82) is 0 Å². The van der Waals surface area contributed by atoms with E-state index in [0.717, 1.165) is 4.70 Å². The fourth-order valence-corrected chi connectivity index (χ4v) is 1.80. The first-order valence-electron chi connectivity index (χ1n) is 3.72. The summed E-state index contributed by atoms with van der Waals surface area (Å²) in [6.45, 7) is 0. The second-order valence-corrected chi connectivity index (χ2v) is 3.61. The summed E-state index contributed by atoms with van der Waals surface area (Å²) < 4.78 is 5.38. The van der Waals surface area contributed by atoms with Gasteiger partial charge >= 0.3 is 6.16 Å². The van der Waals surface area contributed by atoms with Crippen LogP contribution in [0.15, 0.2) is 18.2 Å². The summed E-state index contributed by atoms with van der Waals surface area (Å²) in [4.78, 5) is 14.2. The highest BCUT2D eigenvalue weighted by molar-refractivity contribution is 7.22. The average molecular weight is 210 g/mol. The summed E-state index contributed by atoms with van der Waals surface area (Å²) in [5.74, 6) is 0.246. The van der Waals surface area contributed by atoms with Crippen molar-refractivity contribution in [2.24, 2.45) is 0 Å². The Morgan fingerprint density at radius 2 is 2.36 bits per heavy atom. The monoisotopic (exact) mass is 210 g/mol. The van der Waals surface area contributed by atoms with Crippen LogP contribution in [-0.2, 0) is 0 Å². The maximum atomic E-state index is 10.2. The Bertz CT molecular complexity index is 494. The first kappa shape index (κ1) is 8.76. The van der Waals surface area contributed by atoms with Crippen molar-refractivity contribution >= 4 is 32.8 Å². The summed E-state index contributed by atoms with van der Waals surface area (Å²) >= 11 is 1.34. The molecule has 0 saturated heterocycles. The number of nitrogens with two attached hydrogens (primary N) is 1. The zero-order valence-electron chi connectivity index (χ0n) is 6.93. The number of carboxylic acid groups (broad SMARTS) is 1. The molecule has 0 bridgehead atoms. The number of nitrogen functional groups attached to an aromatic ring is 1. The lowest BCUT2D eigenvalue weighted by molar-refractivity contribution is 0.144. The van der Waals surface area contributed by atoms with Crippen LogP contribution in [0.25, 0.3) is 10.2 Å². The van der Waals surface area contributed by atoms with Crippen molar-refractivity contribution in [3.05, 3.63) is 18.2 Å². The van der Waals surface area contributed by atoms with Gasteiger partial charge in [-0.15, -0.1) is 0 Å². The van der Waals surface area contributed by atoms with E-state index in [0.29, 0.717) is 10.6 Å². The van der Waals surface area contributed by atoms with E-state index in [1.807, 2.05) is 0 Å². The summed E-state index contributed by atoms with van der Waals surface area (Å²) in [5.41, 5.74) is 6.14. The van der Waals surface area contributed by atoms with E-state index in [-0.39, 0.29) is 5.75 Å². The van der Waals surface area contributed by atoms with Gasteiger partial charge < -0.3 is 15.6 Å². The van der Waals surface area contributed by atoms with E-state index >= 15 is 0 Å². The average Bonchev–Trinajstić information content (AvgIpc) is 2.42. The third-order valence-corrected chi connectivity index (χ3v) is 2.45. The molecule has 72 valence electrons. The van der Waals surface area contributed by atoms with Crippen LogP contribution in [0.3, 0.4) is 0 Å². The minimum absolute atomic E-state index is 0.246. The molecule has 1 heterocycles. The summed E-state index contributed by atoms with van der Waals surface area (Å²) in [6.07, 6.45) is -1.34. The topological polar surface area (TPSA) is 85.4 Å². The maximum Gasteiger partial charge on any atom is 0.511 e. The van der Waals surface area contributed by atoms with Crippen molar-refractivity contribution in [2.45, 2.75) is 0 Å². The Labute approximate surface area is 82.7 Å². The van der Waals surface area contributed by atoms with Crippen molar-refractivity contribution in [3.63, 3.8) is 0 Å². The van der Waals surface area contributed by atoms with Crippen LogP contribution in [0.2, 0.25) is 0 Å². The Morgan fingerprint density at radius 3 is 3.07 bits per heavy atom. The molecule has 0 atom stereocenters. The van der Waals surface area contributed by atoms with Crippen molar-refractivity contribution < 1.29 is 14.6 Å². The Morgan fingerprint density at radius 1 is 1.57 bits per heavy atom. The number of benzene rings is 1. The van der Waals surface area contributed by atoms with Gasteiger partial charge in [0.15, 0.2) is 5.13 Å². The maximum absolute atomic E-state index is 10.2. The lowest BCUT2D eigenvalue weighted by atomic mass is 10.3. The van der Waals surface area contributed by atoms with Crippen LogP contribution in [0.1, 0.15) is 0 Å². The molecule has 0 saturated carbocycles. The van der Waals surface area contributed by atoms with Gasteiger partial charge in [0, 0.05) is 6.07 Å². The van der Waals surface area contributed by atoms with Crippen molar-refractivity contribution in [2.75, 3.05) is 5.73 Å². The first-order chi connectivity index (χ1) is 6.65. The standard InChI is InChI=1S/C8H6N2O3S/c9-7-10-5-3-4(13-8(11)12)1-2-6(5)14-7/h1-3H,(H2,9,10)(H,11,12). The molecule has 1 aromatic heterocycles. The molecule has 6 heteroatoms. The van der Waals surface area contributed by atoms with Gasteiger partial charge in [-0.1, -0.05) is 11.3 Å². The fraction of sp³-hybridized carbons (Fsp3) is 0. The van der Waals surface area contributed by atoms with Gasteiger partial charge in [-0.2, -0.15) is 0 Å². The molecule has 5 nitrogen and oxygen atoms in total. The van der Waals surface area contributed by atoms with Crippen molar-refractivity contribution in [3.8, 4) is 5.75 Å². The van der Waals surface area contributed by atoms with Crippen LogP contribution in [0.5, 0.6) is 5.75 Å².